The minimum absolute atomic E-state index is 0.0515. The first-order valence-electron chi connectivity index (χ1n) is 6.42. The molecule has 1 aromatic carbocycles. The average Bonchev–Trinajstić information content (AvgIpc) is 3.20. The van der Waals surface area contributed by atoms with E-state index >= 15 is 0 Å². The smallest absolute Gasteiger partial charge is 0.293 e. The molecule has 0 saturated heterocycles. The number of benzene rings is 1. The van der Waals surface area contributed by atoms with E-state index in [1.54, 1.807) is 19.1 Å². The largest absolute Gasteiger partial charge is 0.379 e. The van der Waals surface area contributed by atoms with Gasteiger partial charge in [-0.25, -0.2) is 0 Å². The molecule has 102 valence electrons. The third-order valence-electron chi connectivity index (χ3n) is 3.07. The van der Waals surface area contributed by atoms with Crippen LogP contribution in [0, 0.1) is 16.0 Å². The molecule has 2 rings (SSSR count). The van der Waals surface area contributed by atoms with E-state index < -0.39 is 4.92 Å². The molecule has 0 aromatic heterocycles. The Bertz CT molecular complexity index is 498. The van der Waals surface area contributed by atoms with Crippen molar-refractivity contribution in [1.82, 2.24) is 5.32 Å². The van der Waals surface area contributed by atoms with Crippen molar-refractivity contribution in [2.75, 3.05) is 18.4 Å². The lowest BCUT2D eigenvalue weighted by Crippen LogP contribution is -2.22. The Morgan fingerprint density at radius 2 is 2.21 bits per heavy atom. The highest BCUT2D eigenvalue weighted by molar-refractivity contribution is 5.95. The first kappa shape index (κ1) is 13.3. The Labute approximate surface area is 111 Å². The lowest BCUT2D eigenvalue weighted by molar-refractivity contribution is -0.384. The molecule has 19 heavy (non-hydrogen) atoms. The molecule has 1 saturated carbocycles. The van der Waals surface area contributed by atoms with E-state index in [4.69, 9.17) is 0 Å². The maximum absolute atomic E-state index is 11.7. The van der Waals surface area contributed by atoms with Gasteiger partial charge >= 0.3 is 0 Å². The monoisotopic (exact) mass is 263 g/mol. The van der Waals surface area contributed by atoms with Crippen LogP contribution in [-0.4, -0.2) is 23.9 Å². The SMILES string of the molecule is CCNC(=O)c1ccc(NCC2CC2)c([N+](=O)[O-])c1. The molecule has 1 amide bonds. The lowest BCUT2D eigenvalue weighted by atomic mass is 10.1. The second-order valence-electron chi connectivity index (χ2n) is 4.67. The van der Waals surface area contributed by atoms with Crippen LogP contribution in [0.3, 0.4) is 0 Å². The maximum atomic E-state index is 11.7. The molecule has 1 aromatic rings. The molecule has 0 atom stereocenters. The summed E-state index contributed by atoms with van der Waals surface area (Å²) < 4.78 is 0. The summed E-state index contributed by atoms with van der Waals surface area (Å²) in [6, 6.07) is 4.53. The molecular formula is C13H17N3O3. The van der Waals surface area contributed by atoms with E-state index in [1.807, 2.05) is 0 Å². The van der Waals surface area contributed by atoms with Crippen LogP contribution < -0.4 is 10.6 Å². The third kappa shape index (κ3) is 3.43. The van der Waals surface area contributed by atoms with Crippen LogP contribution in [0.15, 0.2) is 18.2 Å². The van der Waals surface area contributed by atoms with Gasteiger partial charge in [-0.1, -0.05) is 0 Å². The summed E-state index contributed by atoms with van der Waals surface area (Å²) in [5.41, 5.74) is 0.736. The van der Waals surface area contributed by atoms with Crippen molar-refractivity contribution in [3.8, 4) is 0 Å². The van der Waals surface area contributed by atoms with Crippen molar-refractivity contribution in [1.29, 1.82) is 0 Å². The molecule has 6 heteroatoms. The maximum Gasteiger partial charge on any atom is 0.293 e. The summed E-state index contributed by atoms with van der Waals surface area (Å²) in [5, 5.41) is 16.8. The number of amides is 1. The molecule has 0 bridgehead atoms. The van der Waals surface area contributed by atoms with Gasteiger partial charge in [-0.05, 0) is 37.8 Å². The Balaban J connectivity index is 2.18. The number of carbonyl (C=O) groups excluding carboxylic acids is 1. The first-order valence-corrected chi connectivity index (χ1v) is 6.42. The van der Waals surface area contributed by atoms with Crippen molar-refractivity contribution in [3.63, 3.8) is 0 Å². The van der Waals surface area contributed by atoms with Gasteiger partial charge in [0.05, 0.1) is 4.92 Å². The molecular weight excluding hydrogens is 246 g/mol. The minimum atomic E-state index is -0.460. The van der Waals surface area contributed by atoms with Crippen LogP contribution in [0.5, 0.6) is 0 Å². The quantitative estimate of drug-likeness (QED) is 0.608. The summed E-state index contributed by atoms with van der Waals surface area (Å²) in [6.45, 7) is 3.05. The molecule has 1 fully saturated rings. The van der Waals surface area contributed by atoms with Crippen LogP contribution in [0.4, 0.5) is 11.4 Å². The van der Waals surface area contributed by atoms with Crippen molar-refractivity contribution in [2.24, 2.45) is 5.92 Å². The predicted octanol–water partition coefficient (Wildman–Crippen LogP) is 2.17. The number of nitrogens with one attached hydrogen (secondary N) is 2. The molecule has 0 heterocycles. The van der Waals surface area contributed by atoms with E-state index in [-0.39, 0.29) is 11.6 Å². The molecule has 0 radical (unpaired) electrons. The normalized spacial score (nSPS) is 13.9. The van der Waals surface area contributed by atoms with Gasteiger partial charge in [0.25, 0.3) is 11.6 Å². The molecule has 0 spiro atoms. The third-order valence-corrected chi connectivity index (χ3v) is 3.07. The van der Waals surface area contributed by atoms with Crippen molar-refractivity contribution in [3.05, 3.63) is 33.9 Å². The van der Waals surface area contributed by atoms with Crippen LogP contribution in [0.2, 0.25) is 0 Å². The second-order valence-corrected chi connectivity index (χ2v) is 4.67. The fraction of sp³-hybridized carbons (Fsp3) is 0.462. The van der Waals surface area contributed by atoms with E-state index in [0.717, 1.165) is 6.54 Å². The number of rotatable bonds is 6. The van der Waals surface area contributed by atoms with Gasteiger partial charge in [0.15, 0.2) is 0 Å². The highest BCUT2D eigenvalue weighted by Crippen LogP contribution is 2.31. The standard InChI is InChI=1S/C13H17N3O3/c1-2-14-13(17)10-5-6-11(12(7-10)16(18)19)15-8-9-3-4-9/h5-7,9,15H,2-4,8H2,1H3,(H,14,17). The zero-order chi connectivity index (χ0) is 13.8. The van der Waals surface area contributed by atoms with Gasteiger partial charge in [-0.15, -0.1) is 0 Å². The van der Waals surface area contributed by atoms with Crippen LogP contribution in [0.25, 0.3) is 0 Å². The lowest BCUT2D eigenvalue weighted by Gasteiger charge is -2.08. The van der Waals surface area contributed by atoms with Crippen molar-refractivity contribution < 1.29 is 9.72 Å². The van der Waals surface area contributed by atoms with Crippen LogP contribution >= 0.6 is 0 Å². The van der Waals surface area contributed by atoms with E-state index in [2.05, 4.69) is 10.6 Å². The van der Waals surface area contributed by atoms with Gasteiger partial charge in [0.2, 0.25) is 0 Å². The molecule has 0 aliphatic heterocycles. The fourth-order valence-electron chi connectivity index (χ4n) is 1.81. The van der Waals surface area contributed by atoms with Crippen LogP contribution in [0.1, 0.15) is 30.1 Å². The summed E-state index contributed by atoms with van der Waals surface area (Å²) in [4.78, 5) is 22.2. The summed E-state index contributed by atoms with van der Waals surface area (Å²) >= 11 is 0. The zero-order valence-electron chi connectivity index (χ0n) is 10.8. The minimum Gasteiger partial charge on any atom is -0.379 e. The van der Waals surface area contributed by atoms with Gasteiger partial charge in [0.1, 0.15) is 5.69 Å². The highest BCUT2D eigenvalue weighted by atomic mass is 16.6. The van der Waals surface area contributed by atoms with E-state index in [9.17, 15) is 14.9 Å². The number of hydrogen-bond donors (Lipinski definition) is 2. The van der Waals surface area contributed by atoms with Crippen molar-refractivity contribution in [2.45, 2.75) is 19.8 Å². The summed E-state index contributed by atoms with van der Waals surface area (Å²) in [6.07, 6.45) is 2.36. The van der Waals surface area contributed by atoms with E-state index in [1.165, 1.54) is 18.9 Å². The predicted molar refractivity (Wildman–Crippen MR) is 72.3 cm³/mol. The Hall–Kier alpha value is -2.11. The second kappa shape index (κ2) is 5.69. The zero-order valence-corrected chi connectivity index (χ0v) is 10.8. The number of nitro benzene ring substituents is 1. The van der Waals surface area contributed by atoms with Gasteiger partial charge < -0.3 is 10.6 Å². The Morgan fingerprint density at radius 1 is 1.47 bits per heavy atom. The fourth-order valence-corrected chi connectivity index (χ4v) is 1.81. The summed E-state index contributed by atoms with van der Waals surface area (Å²) in [5.74, 6) is 0.335. The topological polar surface area (TPSA) is 84.3 Å². The highest BCUT2D eigenvalue weighted by Gasteiger charge is 2.23. The van der Waals surface area contributed by atoms with Gasteiger partial charge in [0, 0.05) is 24.7 Å². The average molecular weight is 263 g/mol. The number of carbonyl (C=O) groups is 1. The molecule has 6 nitrogen and oxygen atoms in total. The van der Waals surface area contributed by atoms with Crippen LogP contribution in [-0.2, 0) is 0 Å². The number of nitro groups is 1. The summed E-state index contributed by atoms with van der Waals surface area (Å²) in [7, 11) is 0. The van der Waals surface area contributed by atoms with Gasteiger partial charge in [-0.2, -0.15) is 0 Å². The molecule has 2 N–H and O–H groups in total. The number of nitrogens with zero attached hydrogens (tertiary/aromatic N) is 1. The van der Waals surface area contributed by atoms with E-state index in [0.29, 0.717) is 23.7 Å². The molecule has 0 unspecified atom stereocenters. The molecule has 1 aliphatic rings. The Morgan fingerprint density at radius 3 is 2.79 bits per heavy atom. The first-order chi connectivity index (χ1) is 9.11. The molecule has 1 aliphatic carbocycles. The number of anilines is 1. The Kier molecular flexibility index (Phi) is 3.99. The van der Waals surface area contributed by atoms with Crippen molar-refractivity contribution >= 4 is 17.3 Å². The van der Waals surface area contributed by atoms with Gasteiger partial charge in [-0.3, -0.25) is 14.9 Å². The number of hydrogen-bond acceptors (Lipinski definition) is 4.